The molecule has 1 amide bonds. The van der Waals surface area contributed by atoms with Crippen LogP contribution in [0.25, 0.3) is 11.4 Å². The molecule has 3 rings (SSSR count). The number of nitrogens with one attached hydrogen (secondary N) is 2. The van der Waals surface area contributed by atoms with Crippen molar-refractivity contribution in [3.63, 3.8) is 0 Å². The predicted molar refractivity (Wildman–Crippen MR) is 80.5 cm³/mol. The molecule has 0 atom stereocenters. The molecule has 0 aliphatic heterocycles. The van der Waals surface area contributed by atoms with E-state index in [0.717, 1.165) is 11.6 Å². The van der Waals surface area contributed by atoms with Gasteiger partial charge in [-0.1, -0.05) is 0 Å². The van der Waals surface area contributed by atoms with Crippen LogP contribution in [0.2, 0.25) is 0 Å². The van der Waals surface area contributed by atoms with E-state index in [4.69, 9.17) is 4.74 Å². The van der Waals surface area contributed by atoms with E-state index in [1.54, 1.807) is 24.3 Å². The monoisotopic (exact) mass is 313 g/mol. The third-order valence-electron chi connectivity index (χ3n) is 3.17. The van der Waals surface area contributed by atoms with E-state index in [9.17, 15) is 9.18 Å². The SMILES string of the molecule is COc1ccc(C(=O)Nc2ccc(-c3nn[nH]n3)cc2)c(F)c1. The lowest BCUT2D eigenvalue weighted by Gasteiger charge is -2.07. The lowest BCUT2D eigenvalue weighted by molar-refractivity contribution is 0.102. The van der Waals surface area contributed by atoms with Gasteiger partial charge in [-0.2, -0.15) is 5.21 Å². The molecular weight excluding hydrogens is 301 g/mol. The number of rotatable bonds is 4. The fourth-order valence-electron chi connectivity index (χ4n) is 1.99. The van der Waals surface area contributed by atoms with Gasteiger partial charge in [0.1, 0.15) is 11.6 Å². The maximum Gasteiger partial charge on any atom is 0.258 e. The molecule has 8 heteroatoms. The smallest absolute Gasteiger partial charge is 0.258 e. The molecule has 0 saturated carbocycles. The van der Waals surface area contributed by atoms with Crippen molar-refractivity contribution in [3.8, 4) is 17.1 Å². The molecule has 0 aliphatic carbocycles. The number of aromatic nitrogens is 4. The van der Waals surface area contributed by atoms with Crippen LogP contribution in [0.1, 0.15) is 10.4 Å². The Bertz CT molecular complexity index is 818. The van der Waals surface area contributed by atoms with Gasteiger partial charge >= 0.3 is 0 Å². The zero-order chi connectivity index (χ0) is 16.2. The molecule has 0 saturated heterocycles. The minimum Gasteiger partial charge on any atom is -0.497 e. The molecular formula is C15H12FN5O2. The number of carbonyl (C=O) groups is 1. The summed E-state index contributed by atoms with van der Waals surface area (Å²) in [6, 6.07) is 10.9. The third-order valence-corrected chi connectivity index (χ3v) is 3.17. The molecule has 116 valence electrons. The van der Waals surface area contributed by atoms with Gasteiger partial charge in [-0.3, -0.25) is 4.79 Å². The molecule has 7 nitrogen and oxygen atoms in total. The zero-order valence-corrected chi connectivity index (χ0v) is 12.1. The minimum atomic E-state index is -0.648. The molecule has 23 heavy (non-hydrogen) atoms. The zero-order valence-electron chi connectivity index (χ0n) is 12.1. The third kappa shape index (κ3) is 3.15. The van der Waals surface area contributed by atoms with Gasteiger partial charge in [-0.25, -0.2) is 4.39 Å². The van der Waals surface area contributed by atoms with Gasteiger partial charge < -0.3 is 10.1 Å². The maximum absolute atomic E-state index is 13.9. The summed E-state index contributed by atoms with van der Waals surface area (Å²) in [5.74, 6) is -0.393. The molecule has 0 radical (unpaired) electrons. The molecule has 3 aromatic rings. The summed E-state index contributed by atoms with van der Waals surface area (Å²) < 4.78 is 18.8. The molecule has 2 aromatic carbocycles. The van der Waals surface area contributed by atoms with Gasteiger partial charge in [0.05, 0.1) is 12.7 Å². The minimum absolute atomic E-state index is 0.0620. The van der Waals surface area contributed by atoms with Crippen LogP contribution in [0.4, 0.5) is 10.1 Å². The molecule has 0 fully saturated rings. The summed E-state index contributed by atoms with van der Waals surface area (Å²) in [7, 11) is 1.43. The Morgan fingerprint density at radius 3 is 2.61 bits per heavy atom. The van der Waals surface area contributed by atoms with Crippen LogP contribution in [-0.4, -0.2) is 33.6 Å². The first-order valence-corrected chi connectivity index (χ1v) is 6.66. The highest BCUT2D eigenvalue weighted by Crippen LogP contribution is 2.20. The summed E-state index contributed by atoms with van der Waals surface area (Å²) in [6.45, 7) is 0. The quantitative estimate of drug-likeness (QED) is 0.770. The van der Waals surface area contributed by atoms with Crippen LogP contribution in [0.3, 0.4) is 0 Å². The van der Waals surface area contributed by atoms with E-state index in [-0.39, 0.29) is 5.56 Å². The van der Waals surface area contributed by atoms with E-state index < -0.39 is 11.7 Å². The molecule has 2 N–H and O–H groups in total. The number of aromatic amines is 1. The Balaban J connectivity index is 1.75. The van der Waals surface area contributed by atoms with Crippen LogP contribution in [0, 0.1) is 5.82 Å². The van der Waals surface area contributed by atoms with Gasteiger partial charge in [-0.15, -0.1) is 10.2 Å². The number of ether oxygens (including phenoxy) is 1. The van der Waals surface area contributed by atoms with Crippen molar-refractivity contribution < 1.29 is 13.9 Å². The Kier molecular flexibility index (Phi) is 3.96. The van der Waals surface area contributed by atoms with Crippen molar-refractivity contribution in [1.29, 1.82) is 0 Å². The Morgan fingerprint density at radius 1 is 1.22 bits per heavy atom. The second-order valence-electron chi connectivity index (χ2n) is 4.61. The highest BCUT2D eigenvalue weighted by Gasteiger charge is 2.13. The van der Waals surface area contributed by atoms with Crippen LogP contribution in [0.5, 0.6) is 5.75 Å². The Hall–Kier alpha value is -3.29. The molecule has 1 aromatic heterocycles. The number of nitrogens with zero attached hydrogens (tertiary/aromatic N) is 3. The van der Waals surface area contributed by atoms with Crippen molar-refractivity contribution in [2.75, 3.05) is 12.4 Å². The highest BCUT2D eigenvalue weighted by atomic mass is 19.1. The van der Waals surface area contributed by atoms with Gasteiger partial charge in [0.25, 0.3) is 5.91 Å². The van der Waals surface area contributed by atoms with Crippen LogP contribution in [-0.2, 0) is 0 Å². The second-order valence-corrected chi connectivity index (χ2v) is 4.61. The van der Waals surface area contributed by atoms with E-state index in [1.807, 2.05) is 0 Å². The lowest BCUT2D eigenvalue weighted by Crippen LogP contribution is -2.13. The maximum atomic E-state index is 13.9. The fraction of sp³-hybridized carbons (Fsp3) is 0.0667. The number of anilines is 1. The van der Waals surface area contributed by atoms with Crippen molar-refractivity contribution in [2.45, 2.75) is 0 Å². The van der Waals surface area contributed by atoms with Crippen LogP contribution in [0.15, 0.2) is 42.5 Å². The van der Waals surface area contributed by atoms with Crippen molar-refractivity contribution in [1.82, 2.24) is 20.6 Å². The van der Waals surface area contributed by atoms with Crippen molar-refractivity contribution >= 4 is 11.6 Å². The first-order chi connectivity index (χ1) is 11.2. The van der Waals surface area contributed by atoms with Gasteiger partial charge in [0.15, 0.2) is 0 Å². The average Bonchev–Trinajstić information content (AvgIpc) is 3.09. The molecule has 0 bridgehead atoms. The summed E-state index contributed by atoms with van der Waals surface area (Å²) in [5, 5.41) is 16.2. The number of methoxy groups -OCH3 is 1. The van der Waals surface area contributed by atoms with E-state index in [1.165, 1.54) is 19.2 Å². The van der Waals surface area contributed by atoms with Gasteiger partial charge in [0, 0.05) is 17.3 Å². The molecule has 1 heterocycles. The van der Waals surface area contributed by atoms with E-state index in [0.29, 0.717) is 17.3 Å². The second kappa shape index (κ2) is 6.22. The van der Waals surface area contributed by atoms with Crippen molar-refractivity contribution in [3.05, 3.63) is 53.8 Å². The average molecular weight is 313 g/mol. The normalized spacial score (nSPS) is 10.3. The van der Waals surface area contributed by atoms with E-state index >= 15 is 0 Å². The summed E-state index contributed by atoms with van der Waals surface area (Å²) >= 11 is 0. The predicted octanol–water partition coefficient (Wildman–Crippen LogP) is 2.27. The first kappa shape index (κ1) is 14.6. The van der Waals surface area contributed by atoms with Gasteiger partial charge in [0.2, 0.25) is 5.82 Å². The Labute approximate surface area is 130 Å². The molecule has 0 unspecified atom stereocenters. The number of carbonyl (C=O) groups excluding carboxylic acids is 1. The number of tetrazole rings is 1. The van der Waals surface area contributed by atoms with Crippen molar-refractivity contribution in [2.24, 2.45) is 0 Å². The summed E-state index contributed by atoms with van der Waals surface area (Å²) in [6.07, 6.45) is 0. The standard InChI is InChI=1S/C15H12FN5O2/c1-23-11-6-7-12(13(16)8-11)15(22)17-10-4-2-9(3-5-10)14-18-20-21-19-14/h2-8H,1H3,(H,17,22)(H,18,19,20,21). The number of benzene rings is 2. The molecule has 0 spiro atoms. The van der Waals surface area contributed by atoms with Gasteiger partial charge in [-0.05, 0) is 41.6 Å². The largest absolute Gasteiger partial charge is 0.497 e. The number of halogens is 1. The number of hydrogen-bond donors (Lipinski definition) is 2. The lowest BCUT2D eigenvalue weighted by atomic mass is 10.1. The summed E-state index contributed by atoms with van der Waals surface area (Å²) in [4.78, 5) is 12.1. The Morgan fingerprint density at radius 2 is 2.00 bits per heavy atom. The molecule has 0 aliphatic rings. The number of hydrogen-bond acceptors (Lipinski definition) is 5. The topological polar surface area (TPSA) is 92.8 Å². The fourth-order valence-corrected chi connectivity index (χ4v) is 1.99. The highest BCUT2D eigenvalue weighted by molar-refractivity contribution is 6.04. The van der Waals surface area contributed by atoms with Crippen LogP contribution < -0.4 is 10.1 Å². The van der Waals surface area contributed by atoms with E-state index in [2.05, 4.69) is 25.9 Å². The summed E-state index contributed by atoms with van der Waals surface area (Å²) in [5.41, 5.74) is 1.21. The number of amides is 1. The van der Waals surface area contributed by atoms with Crippen LogP contribution >= 0.6 is 0 Å². The number of H-pyrrole nitrogens is 1. The first-order valence-electron chi connectivity index (χ1n) is 6.66.